The molecule has 0 unspecified atom stereocenters. The zero-order chi connectivity index (χ0) is 16.8. The fourth-order valence-electron chi connectivity index (χ4n) is 3.62. The topological polar surface area (TPSA) is 50.8 Å². The van der Waals surface area contributed by atoms with Gasteiger partial charge in [-0.3, -0.25) is 9.69 Å². The second-order valence-electron chi connectivity index (χ2n) is 6.75. The third-order valence-corrected chi connectivity index (χ3v) is 5.14. The van der Waals surface area contributed by atoms with Gasteiger partial charge in [-0.15, -0.1) is 0 Å². The lowest BCUT2D eigenvalue weighted by Gasteiger charge is -2.37. The van der Waals surface area contributed by atoms with Crippen molar-refractivity contribution in [3.63, 3.8) is 0 Å². The van der Waals surface area contributed by atoms with Gasteiger partial charge in [-0.05, 0) is 24.5 Å². The van der Waals surface area contributed by atoms with Crippen molar-refractivity contribution in [3.8, 4) is 0 Å². The highest BCUT2D eigenvalue weighted by Gasteiger charge is 2.31. The zero-order valence-corrected chi connectivity index (χ0v) is 14.5. The van der Waals surface area contributed by atoms with Crippen LogP contribution in [-0.4, -0.2) is 62.9 Å². The molecule has 0 aliphatic carbocycles. The maximum Gasteiger partial charge on any atom is 0.224 e. The molecule has 5 heteroatoms. The standard InChI is InChI=1S/C19H28N2O3/c1-15-4-2-3-5-16(15)12-19(22)20-13-18(17-6-9-24-14-17)21-7-10-23-11-8-21/h2-5,17-18H,6-14H2,1H3,(H,20,22)/t17-,18+/m1/s1. The van der Waals surface area contributed by atoms with Crippen LogP contribution in [0, 0.1) is 12.8 Å². The van der Waals surface area contributed by atoms with Crippen molar-refractivity contribution in [1.29, 1.82) is 0 Å². The third-order valence-electron chi connectivity index (χ3n) is 5.14. The van der Waals surface area contributed by atoms with E-state index in [0.717, 1.165) is 51.5 Å². The Morgan fingerprint density at radius 2 is 2.04 bits per heavy atom. The molecule has 2 saturated heterocycles. The van der Waals surface area contributed by atoms with Crippen molar-refractivity contribution < 1.29 is 14.3 Å². The summed E-state index contributed by atoms with van der Waals surface area (Å²) in [6.45, 7) is 7.82. The Hall–Kier alpha value is -1.43. The van der Waals surface area contributed by atoms with Gasteiger partial charge in [-0.1, -0.05) is 24.3 Å². The quantitative estimate of drug-likeness (QED) is 0.855. The van der Waals surface area contributed by atoms with Gasteiger partial charge in [0.1, 0.15) is 0 Å². The lowest BCUT2D eigenvalue weighted by molar-refractivity contribution is -0.121. The normalized spacial score (nSPS) is 23.1. The molecule has 2 heterocycles. The van der Waals surface area contributed by atoms with E-state index in [0.29, 0.717) is 24.9 Å². The van der Waals surface area contributed by atoms with Crippen LogP contribution in [0.3, 0.4) is 0 Å². The molecular formula is C19H28N2O3. The Labute approximate surface area is 144 Å². The Bertz CT molecular complexity index is 537. The lowest BCUT2D eigenvalue weighted by atomic mass is 9.96. The van der Waals surface area contributed by atoms with Crippen LogP contribution in [0.4, 0.5) is 0 Å². The highest BCUT2D eigenvalue weighted by Crippen LogP contribution is 2.22. The first kappa shape index (κ1) is 17.4. The van der Waals surface area contributed by atoms with Crippen LogP contribution < -0.4 is 5.32 Å². The molecule has 0 bridgehead atoms. The molecule has 2 aliphatic heterocycles. The average Bonchev–Trinajstić information content (AvgIpc) is 3.12. The second-order valence-corrected chi connectivity index (χ2v) is 6.75. The maximum absolute atomic E-state index is 12.4. The minimum absolute atomic E-state index is 0.0986. The average molecular weight is 332 g/mol. The van der Waals surface area contributed by atoms with E-state index in [2.05, 4.69) is 23.2 Å². The molecule has 2 aliphatic rings. The molecule has 3 rings (SSSR count). The van der Waals surface area contributed by atoms with Gasteiger partial charge in [0.15, 0.2) is 0 Å². The number of benzene rings is 1. The minimum Gasteiger partial charge on any atom is -0.381 e. The summed E-state index contributed by atoms with van der Waals surface area (Å²) in [6, 6.07) is 8.42. The largest absolute Gasteiger partial charge is 0.381 e. The van der Waals surface area contributed by atoms with E-state index in [1.807, 2.05) is 18.2 Å². The van der Waals surface area contributed by atoms with Crippen LogP contribution in [0.2, 0.25) is 0 Å². The summed E-state index contributed by atoms with van der Waals surface area (Å²) in [5.74, 6) is 0.600. The summed E-state index contributed by atoms with van der Waals surface area (Å²) in [7, 11) is 0. The molecule has 24 heavy (non-hydrogen) atoms. The Morgan fingerprint density at radius 3 is 2.75 bits per heavy atom. The highest BCUT2D eigenvalue weighted by molar-refractivity contribution is 5.78. The van der Waals surface area contributed by atoms with Crippen LogP contribution >= 0.6 is 0 Å². The molecule has 5 nitrogen and oxygen atoms in total. The van der Waals surface area contributed by atoms with Gasteiger partial charge in [0.2, 0.25) is 5.91 Å². The first-order valence-electron chi connectivity index (χ1n) is 8.95. The van der Waals surface area contributed by atoms with E-state index in [9.17, 15) is 4.79 Å². The van der Waals surface area contributed by atoms with Crippen molar-refractivity contribution in [2.24, 2.45) is 5.92 Å². The maximum atomic E-state index is 12.4. The van der Waals surface area contributed by atoms with Crippen LogP contribution in [0.15, 0.2) is 24.3 Å². The van der Waals surface area contributed by atoms with Gasteiger partial charge in [0, 0.05) is 38.2 Å². The molecule has 0 spiro atoms. The number of rotatable bonds is 6. The zero-order valence-electron chi connectivity index (χ0n) is 14.5. The molecule has 1 amide bonds. The number of nitrogens with one attached hydrogen (secondary N) is 1. The van der Waals surface area contributed by atoms with E-state index >= 15 is 0 Å². The molecule has 1 aromatic carbocycles. The Morgan fingerprint density at radius 1 is 1.25 bits per heavy atom. The van der Waals surface area contributed by atoms with Gasteiger partial charge in [0.25, 0.3) is 0 Å². The number of amides is 1. The van der Waals surface area contributed by atoms with Crippen LogP contribution in [-0.2, 0) is 20.7 Å². The van der Waals surface area contributed by atoms with Gasteiger partial charge in [-0.2, -0.15) is 0 Å². The Kier molecular flexibility index (Phi) is 6.24. The summed E-state index contributed by atoms with van der Waals surface area (Å²) in [5.41, 5.74) is 2.27. The fourth-order valence-corrected chi connectivity index (χ4v) is 3.62. The molecule has 132 valence electrons. The summed E-state index contributed by atoms with van der Waals surface area (Å²) in [5, 5.41) is 3.16. The predicted octanol–water partition coefficient (Wildman–Crippen LogP) is 1.39. The number of hydrogen-bond donors (Lipinski definition) is 1. The lowest BCUT2D eigenvalue weighted by Crippen LogP contribution is -2.52. The van der Waals surface area contributed by atoms with E-state index in [-0.39, 0.29) is 5.91 Å². The monoisotopic (exact) mass is 332 g/mol. The molecular weight excluding hydrogens is 304 g/mol. The highest BCUT2D eigenvalue weighted by atomic mass is 16.5. The number of carbonyl (C=O) groups is 1. The van der Waals surface area contributed by atoms with E-state index in [4.69, 9.17) is 9.47 Å². The van der Waals surface area contributed by atoms with Crippen molar-refractivity contribution in [1.82, 2.24) is 10.2 Å². The SMILES string of the molecule is Cc1ccccc1CC(=O)NC[C@@H]([C@@H]1CCOC1)N1CCOCC1. The number of ether oxygens (including phenoxy) is 2. The number of nitrogens with zero attached hydrogens (tertiary/aromatic N) is 1. The smallest absolute Gasteiger partial charge is 0.224 e. The third kappa shape index (κ3) is 4.56. The molecule has 2 atom stereocenters. The number of aryl methyl sites for hydroxylation is 1. The summed E-state index contributed by atoms with van der Waals surface area (Å²) < 4.78 is 11.0. The van der Waals surface area contributed by atoms with Gasteiger partial charge >= 0.3 is 0 Å². The van der Waals surface area contributed by atoms with E-state index in [1.54, 1.807) is 0 Å². The minimum atomic E-state index is 0.0986. The molecule has 0 radical (unpaired) electrons. The van der Waals surface area contributed by atoms with Crippen molar-refractivity contribution >= 4 is 5.91 Å². The molecule has 2 fully saturated rings. The first-order valence-corrected chi connectivity index (χ1v) is 8.95. The van der Waals surface area contributed by atoms with Gasteiger partial charge < -0.3 is 14.8 Å². The van der Waals surface area contributed by atoms with E-state index in [1.165, 1.54) is 5.56 Å². The van der Waals surface area contributed by atoms with Crippen molar-refractivity contribution in [2.75, 3.05) is 46.1 Å². The number of hydrogen-bond acceptors (Lipinski definition) is 4. The van der Waals surface area contributed by atoms with E-state index < -0.39 is 0 Å². The molecule has 0 aromatic heterocycles. The summed E-state index contributed by atoms with van der Waals surface area (Å²) in [4.78, 5) is 14.8. The number of carbonyl (C=O) groups excluding carboxylic acids is 1. The van der Waals surface area contributed by atoms with Crippen molar-refractivity contribution in [3.05, 3.63) is 35.4 Å². The molecule has 1 aromatic rings. The van der Waals surface area contributed by atoms with Crippen LogP contribution in [0.1, 0.15) is 17.5 Å². The van der Waals surface area contributed by atoms with Crippen molar-refractivity contribution in [2.45, 2.75) is 25.8 Å². The first-order chi connectivity index (χ1) is 11.7. The van der Waals surface area contributed by atoms with Crippen LogP contribution in [0.25, 0.3) is 0 Å². The molecule has 1 N–H and O–H groups in total. The molecule has 0 saturated carbocycles. The van der Waals surface area contributed by atoms with Crippen LogP contribution in [0.5, 0.6) is 0 Å². The fraction of sp³-hybridized carbons (Fsp3) is 0.632. The van der Waals surface area contributed by atoms with Gasteiger partial charge in [-0.25, -0.2) is 0 Å². The second kappa shape index (κ2) is 8.60. The Balaban J connectivity index is 1.56. The summed E-state index contributed by atoms with van der Waals surface area (Å²) in [6.07, 6.45) is 1.53. The predicted molar refractivity (Wildman–Crippen MR) is 93.0 cm³/mol. The number of morpholine rings is 1. The van der Waals surface area contributed by atoms with Gasteiger partial charge in [0.05, 0.1) is 26.2 Å². The summed E-state index contributed by atoms with van der Waals surface area (Å²) >= 11 is 0.